The van der Waals surface area contributed by atoms with Crippen LogP contribution in [0.1, 0.15) is 17.3 Å². The second-order valence-corrected chi connectivity index (χ2v) is 3.70. The quantitative estimate of drug-likeness (QED) is 0.683. The van der Waals surface area contributed by atoms with Crippen molar-refractivity contribution in [2.24, 2.45) is 0 Å². The first-order valence-electron chi connectivity index (χ1n) is 5.27. The number of ether oxygens (including phenoxy) is 1. The second kappa shape index (κ2) is 4.00. The summed E-state index contributed by atoms with van der Waals surface area (Å²) in [7, 11) is 1.86. The maximum absolute atomic E-state index is 11.7. The van der Waals surface area contributed by atoms with Gasteiger partial charge in [-0.2, -0.15) is 0 Å². The van der Waals surface area contributed by atoms with Crippen molar-refractivity contribution in [1.29, 1.82) is 0 Å². The predicted octanol–water partition coefficient (Wildman–Crippen LogP) is 0.475. The Morgan fingerprint density at radius 1 is 1.44 bits per heavy atom. The highest BCUT2D eigenvalue weighted by atomic mass is 16.5. The highest BCUT2D eigenvalue weighted by molar-refractivity contribution is 5.95. The lowest BCUT2D eigenvalue weighted by Gasteiger charge is -2.14. The average Bonchev–Trinajstić information content (AvgIpc) is 2.63. The summed E-state index contributed by atoms with van der Waals surface area (Å²) in [6.45, 7) is 3.46. The Labute approximate surface area is 93.2 Å². The highest BCUT2D eigenvalue weighted by Gasteiger charge is 2.24. The Bertz CT molecular complexity index is 479. The van der Waals surface area contributed by atoms with Gasteiger partial charge >= 0.3 is 5.97 Å². The van der Waals surface area contributed by atoms with Gasteiger partial charge in [-0.05, 0) is 13.0 Å². The van der Waals surface area contributed by atoms with Crippen LogP contribution in [-0.4, -0.2) is 30.7 Å². The van der Waals surface area contributed by atoms with Crippen LogP contribution < -0.4 is 10.5 Å². The first-order chi connectivity index (χ1) is 7.65. The first-order valence-corrected chi connectivity index (χ1v) is 5.27. The van der Waals surface area contributed by atoms with Crippen molar-refractivity contribution in [2.75, 3.05) is 25.1 Å². The van der Waals surface area contributed by atoms with Gasteiger partial charge in [0, 0.05) is 26.2 Å². The third-order valence-electron chi connectivity index (χ3n) is 2.67. The molecule has 0 bridgehead atoms. The topological polar surface area (TPSA) is 51.5 Å². The van der Waals surface area contributed by atoms with Crippen molar-refractivity contribution in [1.82, 2.24) is 4.57 Å². The van der Waals surface area contributed by atoms with E-state index in [1.807, 2.05) is 11.9 Å². The number of carbonyl (C=O) groups excluding carboxylic acids is 1. The number of pyridine rings is 1. The molecule has 0 aromatic carbocycles. The number of anilines is 1. The van der Waals surface area contributed by atoms with Crippen molar-refractivity contribution in [3.05, 3.63) is 28.0 Å². The van der Waals surface area contributed by atoms with Gasteiger partial charge in [-0.25, -0.2) is 4.79 Å². The second-order valence-electron chi connectivity index (χ2n) is 3.70. The molecule has 2 rings (SSSR count). The molecule has 16 heavy (non-hydrogen) atoms. The van der Waals surface area contributed by atoms with Gasteiger partial charge in [-0.15, -0.1) is 0 Å². The Balaban J connectivity index is 2.52. The fourth-order valence-corrected chi connectivity index (χ4v) is 1.92. The summed E-state index contributed by atoms with van der Waals surface area (Å²) in [6, 6.07) is 2.95. The maximum atomic E-state index is 11.7. The van der Waals surface area contributed by atoms with E-state index in [1.54, 1.807) is 11.5 Å². The number of esters is 1. The van der Waals surface area contributed by atoms with E-state index in [1.165, 1.54) is 12.1 Å². The SMILES string of the molecule is CCOC(=O)c1ccc(=O)n2c1N(C)CC2. The molecule has 5 heteroatoms. The van der Waals surface area contributed by atoms with Crippen molar-refractivity contribution in [2.45, 2.75) is 13.5 Å². The lowest BCUT2D eigenvalue weighted by Crippen LogP contribution is -2.21. The number of hydrogen-bond donors (Lipinski definition) is 0. The summed E-state index contributed by atoms with van der Waals surface area (Å²) in [4.78, 5) is 25.2. The standard InChI is InChI=1S/C11H14N2O3/c1-3-16-11(15)8-4-5-9(14)13-7-6-12(2)10(8)13/h4-5H,3,6-7H2,1-2H3. The van der Waals surface area contributed by atoms with Crippen LogP contribution in [0.5, 0.6) is 0 Å². The van der Waals surface area contributed by atoms with Crippen LogP contribution >= 0.6 is 0 Å². The molecule has 5 nitrogen and oxygen atoms in total. The van der Waals surface area contributed by atoms with E-state index in [-0.39, 0.29) is 11.5 Å². The van der Waals surface area contributed by atoms with E-state index >= 15 is 0 Å². The summed E-state index contributed by atoms with van der Waals surface area (Å²) in [5, 5.41) is 0. The van der Waals surface area contributed by atoms with Gasteiger partial charge in [-0.3, -0.25) is 9.36 Å². The predicted molar refractivity (Wildman–Crippen MR) is 59.9 cm³/mol. The normalized spacial score (nSPS) is 13.8. The summed E-state index contributed by atoms with van der Waals surface area (Å²) in [5.41, 5.74) is 0.383. The molecule has 0 spiro atoms. The number of nitrogens with zero attached hydrogens (tertiary/aromatic N) is 2. The number of carbonyl (C=O) groups is 1. The molecule has 1 aliphatic rings. The van der Waals surface area contributed by atoms with Crippen LogP contribution in [0.2, 0.25) is 0 Å². The molecule has 0 saturated heterocycles. The molecule has 0 fully saturated rings. The zero-order valence-electron chi connectivity index (χ0n) is 9.40. The molecule has 0 amide bonds. The zero-order valence-corrected chi connectivity index (χ0v) is 9.40. The van der Waals surface area contributed by atoms with Gasteiger partial charge < -0.3 is 9.64 Å². The van der Waals surface area contributed by atoms with E-state index in [9.17, 15) is 9.59 Å². The van der Waals surface area contributed by atoms with Gasteiger partial charge in [-0.1, -0.05) is 0 Å². The Morgan fingerprint density at radius 2 is 2.19 bits per heavy atom. The minimum atomic E-state index is -0.375. The van der Waals surface area contributed by atoms with Crippen LogP contribution in [0.25, 0.3) is 0 Å². The van der Waals surface area contributed by atoms with Crippen LogP contribution in [0.4, 0.5) is 5.82 Å². The number of likely N-dealkylation sites (N-methyl/N-ethyl adjacent to an activating group) is 1. The third-order valence-corrected chi connectivity index (χ3v) is 2.67. The average molecular weight is 222 g/mol. The fourth-order valence-electron chi connectivity index (χ4n) is 1.92. The molecule has 1 aromatic rings. The molecular weight excluding hydrogens is 208 g/mol. The molecule has 2 heterocycles. The zero-order chi connectivity index (χ0) is 11.7. The minimum absolute atomic E-state index is 0.0765. The van der Waals surface area contributed by atoms with E-state index in [0.717, 1.165) is 6.54 Å². The van der Waals surface area contributed by atoms with Crippen molar-refractivity contribution in [3.63, 3.8) is 0 Å². The summed E-state index contributed by atoms with van der Waals surface area (Å²) in [6.07, 6.45) is 0. The number of fused-ring (bicyclic) bond motifs is 1. The van der Waals surface area contributed by atoms with Crippen molar-refractivity contribution < 1.29 is 9.53 Å². The molecule has 1 aliphatic heterocycles. The van der Waals surface area contributed by atoms with Gasteiger partial charge in [0.15, 0.2) is 0 Å². The van der Waals surface area contributed by atoms with Crippen molar-refractivity contribution >= 4 is 11.8 Å². The molecule has 1 aromatic heterocycles. The van der Waals surface area contributed by atoms with E-state index in [0.29, 0.717) is 24.5 Å². The molecule has 0 N–H and O–H groups in total. The van der Waals surface area contributed by atoms with Crippen LogP contribution in [0, 0.1) is 0 Å². The van der Waals surface area contributed by atoms with Gasteiger partial charge in [0.05, 0.1) is 6.61 Å². The van der Waals surface area contributed by atoms with Gasteiger partial charge in [0.25, 0.3) is 5.56 Å². The summed E-state index contributed by atoms with van der Waals surface area (Å²) >= 11 is 0. The van der Waals surface area contributed by atoms with Crippen LogP contribution in [0.15, 0.2) is 16.9 Å². The molecule has 0 aliphatic carbocycles. The summed E-state index contributed by atoms with van der Waals surface area (Å²) in [5.74, 6) is 0.283. The largest absolute Gasteiger partial charge is 0.462 e. The van der Waals surface area contributed by atoms with E-state index < -0.39 is 0 Å². The van der Waals surface area contributed by atoms with Crippen molar-refractivity contribution in [3.8, 4) is 0 Å². The van der Waals surface area contributed by atoms with E-state index in [2.05, 4.69) is 0 Å². The van der Waals surface area contributed by atoms with Gasteiger partial charge in [0.1, 0.15) is 11.4 Å². The Kier molecular flexibility index (Phi) is 2.68. The fraction of sp³-hybridized carbons (Fsp3) is 0.455. The monoisotopic (exact) mass is 222 g/mol. The number of rotatable bonds is 2. The Morgan fingerprint density at radius 3 is 2.88 bits per heavy atom. The molecule has 0 saturated carbocycles. The molecule has 0 unspecified atom stereocenters. The van der Waals surface area contributed by atoms with Crippen LogP contribution in [0.3, 0.4) is 0 Å². The Hall–Kier alpha value is -1.78. The minimum Gasteiger partial charge on any atom is -0.462 e. The molecule has 86 valence electrons. The van der Waals surface area contributed by atoms with Crippen LogP contribution in [-0.2, 0) is 11.3 Å². The number of hydrogen-bond acceptors (Lipinski definition) is 4. The lowest BCUT2D eigenvalue weighted by atomic mass is 10.2. The van der Waals surface area contributed by atoms with Gasteiger partial charge in [0.2, 0.25) is 0 Å². The molecule has 0 atom stereocenters. The number of aromatic nitrogens is 1. The first kappa shape index (κ1) is 10.7. The molecular formula is C11H14N2O3. The lowest BCUT2D eigenvalue weighted by molar-refractivity contribution is 0.0526. The van der Waals surface area contributed by atoms with E-state index in [4.69, 9.17) is 4.74 Å². The summed E-state index contributed by atoms with van der Waals surface area (Å²) < 4.78 is 6.56. The molecule has 0 radical (unpaired) electrons. The third kappa shape index (κ3) is 1.58. The maximum Gasteiger partial charge on any atom is 0.341 e. The smallest absolute Gasteiger partial charge is 0.341 e. The highest BCUT2D eigenvalue weighted by Crippen LogP contribution is 2.22.